The molecule has 3 unspecified atom stereocenters. The third-order valence-corrected chi connectivity index (χ3v) is 5.53. The van der Waals surface area contributed by atoms with E-state index >= 15 is 0 Å². The number of rotatable bonds is 0. The van der Waals surface area contributed by atoms with Crippen molar-refractivity contribution >= 4 is 0 Å². The molecule has 3 heteroatoms. The summed E-state index contributed by atoms with van der Waals surface area (Å²) in [7, 11) is 0. The van der Waals surface area contributed by atoms with Gasteiger partial charge in [0.1, 0.15) is 11.5 Å². The van der Waals surface area contributed by atoms with Crippen molar-refractivity contribution in [1.82, 2.24) is 0 Å². The molecule has 22 heavy (non-hydrogen) atoms. The summed E-state index contributed by atoms with van der Waals surface area (Å²) >= 11 is 0. The van der Waals surface area contributed by atoms with Gasteiger partial charge in [-0.05, 0) is 73.6 Å². The predicted octanol–water partition coefficient (Wildman–Crippen LogP) is 4.38. The average molecular weight is 306 g/mol. The summed E-state index contributed by atoms with van der Waals surface area (Å²) in [5, 5.41) is 27.4. The van der Waals surface area contributed by atoms with Gasteiger partial charge in [-0.25, -0.2) is 0 Å². The zero-order valence-corrected chi connectivity index (χ0v) is 14.0. The van der Waals surface area contributed by atoms with E-state index in [2.05, 4.69) is 13.8 Å². The number of aliphatic hydroxyl groups is 1. The van der Waals surface area contributed by atoms with Crippen molar-refractivity contribution in [3.05, 3.63) is 23.8 Å². The minimum absolute atomic E-state index is 0.00940. The van der Waals surface area contributed by atoms with Crippen LogP contribution in [0.25, 0.3) is 0 Å². The van der Waals surface area contributed by atoms with Crippen LogP contribution in [0.4, 0.5) is 0 Å². The summed E-state index contributed by atoms with van der Waals surface area (Å²) in [6.45, 7) is 6.57. The van der Waals surface area contributed by atoms with Crippen LogP contribution >= 0.6 is 0 Å². The Morgan fingerprint density at radius 3 is 2.45 bits per heavy atom. The lowest BCUT2D eigenvalue weighted by molar-refractivity contribution is -0.0129. The topological polar surface area (TPSA) is 60.7 Å². The molecule has 0 radical (unpaired) electrons. The fraction of sp³-hybridized carbons (Fsp3) is 0.684. The van der Waals surface area contributed by atoms with Gasteiger partial charge in [0.15, 0.2) is 0 Å². The lowest BCUT2D eigenvalue weighted by Crippen LogP contribution is -2.40. The number of aliphatic hydroxyl groups excluding tert-OH is 1. The quantitative estimate of drug-likeness (QED) is 0.623. The highest BCUT2D eigenvalue weighted by Crippen LogP contribution is 2.50. The molecule has 1 aromatic carbocycles. The summed E-state index contributed by atoms with van der Waals surface area (Å²) in [5.41, 5.74) is 1.23. The number of hydrogen-bond donors (Lipinski definition) is 3. The van der Waals surface area contributed by atoms with E-state index in [0.717, 1.165) is 24.7 Å². The smallest absolute Gasteiger partial charge is 0.118 e. The average Bonchev–Trinajstić information content (AvgIpc) is 2.43. The first-order chi connectivity index (χ1) is 10.3. The molecule has 2 fully saturated rings. The summed E-state index contributed by atoms with van der Waals surface area (Å²) in [5.74, 6) is 2.12. The van der Waals surface area contributed by atoms with Gasteiger partial charge in [-0.15, -0.1) is 0 Å². The van der Waals surface area contributed by atoms with Crippen LogP contribution < -0.4 is 0 Å². The Labute approximate surface area is 134 Å². The van der Waals surface area contributed by atoms with Gasteiger partial charge in [-0.2, -0.15) is 0 Å². The second kappa shape index (κ2) is 6.91. The molecule has 2 saturated carbocycles. The first kappa shape index (κ1) is 17.1. The Bertz CT molecular complexity index is 495. The fourth-order valence-electron chi connectivity index (χ4n) is 4.23. The van der Waals surface area contributed by atoms with Crippen molar-refractivity contribution in [2.75, 3.05) is 0 Å². The Morgan fingerprint density at radius 1 is 1.09 bits per heavy atom. The Kier molecular flexibility index (Phi) is 5.38. The maximum atomic E-state index is 9.62. The molecular formula is C19H30O3. The number of aromatic hydroxyl groups is 2. The van der Waals surface area contributed by atoms with Crippen LogP contribution in [0.2, 0.25) is 0 Å². The zero-order chi connectivity index (χ0) is 16.3. The van der Waals surface area contributed by atoms with Gasteiger partial charge in [-0.3, -0.25) is 0 Å². The number of phenols is 2. The maximum absolute atomic E-state index is 9.62. The van der Waals surface area contributed by atoms with E-state index in [9.17, 15) is 5.11 Å². The van der Waals surface area contributed by atoms with E-state index in [1.54, 1.807) is 6.92 Å². The maximum Gasteiger partial charge on any atom is 0.118 e. The molecule has 0 spiro atoms. The van der Waals surface area contributed by atoms with Crippen molar-refractivity contribution in [2.24, 2.45) is 17.3 Å². The highest BCUT2D eigenvalue weighted by molar-refractivity contribution is 5.37. The molecule has 3 nitrogen and oxygen atoms in total. The SMILES string of the molecule is CC1(C)CCCC2CC(O)CCC21.Cc1cc(O)ccc1O. The van der Waals surface area contributed by atoms with Crippen LogP contribution in [-0.4, -0.2) is 21.4 Å². The molecule has 2 aliphatic carbocycles. The molecule has 0 aliphatic heterocycles. The largest absolute Gasteiger partial charge is 0.508 e. The number of aryl methyl sites for hydroxylation is 1. The number of hydrogen-bond acceptors (Lipinski definition) is 3. The molecule has 2 aliphatic rings. The first-order valence-corrected chi connectivity index (χ1v) is 8.46. The van der Waals surface area contributed by atoms with Crippen LogP contribution in [-0.2, 0) is 0 Å². The molecule has 0 amide bonds. The summed E-state index contributed by atoms with van der Waals surface area (Å²) in [6, 6.07) is 4.42. The molecule has 0 heterocycles. The van der Waals surface area contributed by atoms with Crippen LogP contribution in [0.3, 0.4) is 0 Å². The minimum atomic E-state index is 0.00940. The summed E-state index contributed by atoms with van der Waals surface area (Å²) < 4.78 is 0. The lowest BCUT2D eigenvalue weighted by atomic mass is 9.58. The fourth-order valence-corrected chi connectivity index (χ4v) is 4.23. The number of fused-ring (bicyclic) bond motifs is 1. The van der Waals surface area contributed by atoms with Crippen LogP contribution in [0.15, 0.2) is 18.2 Å². The lowest BCUT2D eigenvalue weighted by Gasteiger charge is -2.47. The van der Waals surface area contributed by atoms with Crippen molar-refractivity contribution in [3.63, 3.8) is 0 Å². The highest BCUT2D eigenvalue weighted by Gasteiger charge is 2.41. The molecule has 3 atom stereocenters. The van der Waals surface area contributed by atoms with E-state index in [1.165, 1.54) is 43.9 Å². The molecular weight excluding hydrogens is 276 g/mol. The summed E-state index contributed by atoms with van der Waals surface area (Å²) in [4.78, 5) is 0. The zero-order valence-electron chi connectivity index (χ0n) is 14.0. The third-order valence-electron chi connectivity index (χ3n) is 5.53. The van der Waals surface area contributed by atoms with Gasteiger partial charge in [0.05, 0.1) is 6.10 Å². The second-order valence-electron chi connectivity index (χ2n) is 7.69. The van der Waals surface area contributed by atoms with Crippen LogP contribution in [0.1, 0.15) is 57.9 Å². The van der Waals surface area contributed by atoms with E-state index in [4.69, 9.17) is 10.2 Å². The number of benzene rings is 1. The Morgan fingerprint density at radius 2 is 1.82 bits per heavy atom. The molecule has 0 bridgehead atoms. The van der Waals surface area contributed by atoms with Gasteiger partial charge in [0.2, 0.25) is 0 Å². The second-order valence-corrected chi connectivity index (χ2v) is 7.69. The highest BCUT2D eigenvalue weighted by atomic mass is 16.3. The van der Waals surface area contributed by atoms with Crippen molar-refractivity contribution in [3.8, 4) is 11.5 Å². The van der Waals surface area contributed by atoms with E-state index < -0.39 is 0 Å². The molecule has 3 N–H and O–H groups in total. The van der Waals surface area contributed by atoms with E-state index in [0.29, 0.717) is 11.0 Å². The molecule has 0 saturated heterocycles. The van der Waals surface area contributed by atoms with Crippen LogP contribution in [0, 0.1) is 24.2 Å². The predicted molar refractivity (Wildman–Crippen MR) is 89.0 cm³/mol. The summed E-state index contributed by atoms with van der Waals surface area (Å²) in [6.07, 6.45) is 7.53. The Hall–Kier alpha value is -1.22. The molecule has 0 aromatic heterocycles. The Balaban J connectivity index is 0.000000172. The normalized spacial score (nSPS) is 29.9. The van der Waals surface area contributed by atoms with Crippen LogP contribution in [0.5, 0.6) is 11.5 Å². The third kappa shape index (κ3) is 4.16. The molecule has 1 aromatic rings. The van der Waals surface area contributed by atoms with Gasteiger partial charge < -0.3 is 15.3 Å². The van der Waals surface area contributed by atoms with E-state index in [-0.39, 0.29) is 17.6 Å². The van der Waals surface area contributed by atoms with Crippen molar-refractivity contribution in [2.45, 2.75) is 65.4 Å². The van der Waals surface area contributed by atoms with Crippen molar-refractivity contribution < 1.29 is 15.3 Å². The van der Waals surface area contributed by atoms with Gasteiger partial charge in [-0.1, -0.05) is 26.7 Å². The minimum Gasteiger partial charge on any atom is -0.508 e. The first-order valence-electron chi connectivity index (χ1n) is 8.46. The van der Waals surface area contributed by atoms with Gasteiger partial charge >= 0.3 is 0 Å². The van der Waals surface area contributed by atoms with Crippen molar-refractivity contribution in [1.29, 1.82) is 0 Å². The van der Waals surface area contributed by atoms with Gasteiger partial charge in [0.25, 0.3) is 0 Å². The van der Waals surface area contributed by atoms with Gasteiger partial charge in [0, 0.05) is 0 Å². The van der Waals surface area contributed by atoms with E-state index in [1.807, 2.05) is 0 Å². The standard InChI is InChI=1S/C12H22O.C7H8O2/c1-12(2)7-3-4-9-8-10(13)5-6-11(9)12;1-5-4-6(8)2-3-7(5)9/h9-11,13H,3-8H2,1-2H3;2-4,8-9H,1H3. The molecule has 124 valence electrons. The number of phenolic OH excluding ortho intramolecular Hbond substituents is 2. The molecule has 3 rings (SSSR count). The monoisotopic (exact) mass is 306 g/mol.